The number of nitro groups is 1. The molecule has 0 spiro atoms. The molecule has 104 valence electrons. The average Bonchev–Trinajstić information content (AvgIpc) is 2.77. The highest BCUT2D eigenvalue weighted by Gasteiger charge is 2.12. The van der Waals surface area contributed by atoms with E-state index in [4.69, 9.17) is 11.6 Å². The van der Waals surface area contributed by atoms with E-state index in [1.807, 2.05) is 6.92 Å². The number of amides is 1. The summed E-state index contributed by atoms with van der Waals surface area (Å²) in [5.41, 5.74) is 1.00. The summed E-state index contributed by atoms with van der Waals surface area (Å²) in [6, 6.07) is 3.86. The number of non-ortho nitro benzene ring substituents is 1. The van der Waals surface area contributed by atoms with Crippen molar-refractivity contribution in [1.29, 1.82) is 0 Å². The van der Waals surface area contributed by atoms with Crippen LogP contribution in [-0.4, -0.2) is 20.6 Å². The highest BCUT2D eigenvalue weighted by Crippen LogP contribution is 2.26. The number of hydrogen-bond donors (Lipinski definition) is 1. The van der Waals surface area contributed by atoms with Gasteiger partial charge in [0.2, 0.25) is 5.91 Å². The number of halogens is 1. The monoisotopic (exact) mass is 294 g/mol. The Bertz CT molecular complexity index is 668. The lowest BCUT2D eigenvalue weighted by atomic mass is 10.3. The summed E-state index contributed by atoms with van der Waals surface area (Å²) in [5, 5.41) is 17.4. The maximum absolute atomic E-state index is 11.8. The molecule has 20 heavy (non-hydrogen) atoms. The Morgan fingerprint density at radius 2 is 2.30 bits per heavy atom. The lowest BCUT2D eigenvalue weighted by Gasteiger charge is -2.07. The molecule has 1 aromatic carbocycles. The van der Waals surface area contributed by atoms with E-state index in [1.165, 1.54) is 22.9 Å². The molecule has 1 aromatic heterocycles. The van der Waals surface area contributed by atoms with Crippen LogP contribution in [0, 0.1) is 17.0 Å². The summed E-state index contributed by atoms with van der Waals surface area (Å²) in [5.74, 6) is -0.365. The third-order valence-electron chi connectivity index (χ3n) is 2.50. The van der Waals surface area contributed by atoms with Gasteiger partial charge in [-0.15, -0.1) is 0 Å². The summed E-state index contributed by atoms with van der Waals surface area (Å²) in [7, 11) is 0. The number of nitrogens with zero attached hydrogens (tertiary/aromatic N) is 3. The first-order valence-electron chi connectivity index (χ1n) is 5.68. The van der Waals surface area contributed by atoms with E-state index in [-0.39, 0.29) is 28.8 Å². The summed E-state index contributed by atoms with van der Waals surface area (Å²) >= 11 is 5.89. The maximum Gasteiger partial charge on any atom is 0.271 e. The Morgan fingerprint density at radius 3 is 2.90 bits per heavy atom. The van der Waals surface area contributed by atoms with E-state index in [9.17, 15) is 14.9 Å². The van der Waals surface area contributed by atoms with Crippen molar-refractivity contribution in [2.75, 3.05) is 5.32 Å². The van der Waals surface area contributed by atoms with Gasteiger partial charge in [-0.2, -0.15) is 5.10 Å². The molecule has 1 N–H and O–H groups in total. The van der Waals surface area contributed by atoms with Crippen molar-refractivity contribution in [3.05, 3.63) is 51.3 Å². The van der Waals surface area contributed by atoms with Gasteiger partial charge in [0.1, 0.15) is 6.54 Å². The largest absolute Gasteiger partial charge is 0.323 e. The summed E-state index contributed by atoms with van der Waals surface area (Å²) in [4.78, 5) is 22.0. The van der Waals surface area contributed by atoms with Crippen molar-refractivity contribution in [2.45, 2.75) is 13.5 Å². The van der Waals surface area contributed by atoms with Crippen LogP contribution in [-0.2, 0) is 11.3 Å². The highest BCUT2D eigenvalue weighted by molar-refractivity contribution is 6.33. The van der Waals surface area contributed by atoms with Gasteiger partial charge < -0.3 is 5.32 Å². The summed E-state index contributed by atoms with van der Waals surface area (Å²) in [6.45, 7) is 1.87. The molecule has 7 nitrogen and oxygen atoms in total. The van der Waals surface area contributed by atoms with E-state index >= 15 is 0 Å². The van der Waals surface area contributed by atoms with Crippen molar-refractivity contribution >= 4 is 28.9 Å². The van der Waals surface area contributed by atoms with Crippen LogP contribution in [0.15, 0.2) is 30.6 Å². The molecule has 1 amide bonds. The predicted molar refractivity (Wildman–Crippen MR) is 73.7 cm³/mol. The smallest absolute Gasteiger partial charge is 0.271 e. The number of nitro benzene ring substituents is 1. The number of carbonyl (C=O) groups excluding carboxylic acids is 1. The second-order valence-corrected chi connectivity index (χ2v) is 4.59. The second kappa shape index (κ2) is 5.70. The molecular weight excluding hydrogens is 284 g/mol. The Labute approximate surface area is 119 Å². The van der Waals surface area contributed by atoms with Crippen molar-refractivity contribution in [3.63, 3.8) is 0 Å². The molecule has 0 bridgehead atoms. The Hall–Kier alpha value is -2.41. The van der Waals surface area contributed by atoms with E-state index in [0.717, 1.165) is 5.56 Å². The first-order chi connectivity index (χ1) is 9.45. The zero-order chi connectivity index (χ0) is 14.7. The molecule has 1 heterocycles. The van der Waals surface area contributed by atoms with Gasteiger partial charge in [0.25, 0.3) is 5.69 Å². The van der Waals surface area contributed by atoms with Gasteiger partial charge in [0.05, 0.1) is 21.8 Å². The molecular formula is C12H11ClN4O3. The topological polar surface area (TPSA) is 90.1 Å². The van der Waals surface area contributed by atoms with Crippen molar-refractivity contribution in [3.8, 4) is 0 Å². The van der Waals surface area contributed by atoms with Gasteiger partial charge in [0, 0.05) is 18.3 Å². The van der Waals surface area contributed by atoms with Gasteiger partial charge in [-0.05, 0) is 18.6 Å². The lowest BCUT2D eigenvalue weighted by Crippen LogP contribution is -2.19. The van der Waals surface area contributed by atoms with Crippen molar-refractivity contribution < 1.29 is 9.72 Å². The zero-order valence-electron chi connectivity index (χ0n) is 10.5. The van der Waals surface area contributed by atoms with Crippen LogP contribution in [0.2, 0.25) is 5.02 Å². The molecule has 0 saturated heterocycles. The minimum Gasteiger partial charge on any atom is -0.323 e. The predicted octanol–water partition coefficient (Wildman–Crippen LogP) is 2.39. The van der Waals surface area contributed by atoms with Crippen LogP contribution >= 0.6 is 11.6 Å². The van der Waals surface area contributed by atoms with Gasteiger partial charge in [-0.25, -0.2) is 0 Å². The normalized spacial score (nSPS) is 10.3. The molecule has 2 rings (SSSR count). The first kappa shape index (κ1) is 14.0. The molecule has 0 aliphatic rings. The molecule has 0 fully saturated rings. The van der Waals surface area contributed by atoms with Crippen LogP contribution in [0.25, 0.3) is 0 Å². The standard InChI is InChI=1S/C12H11ClN4O3/c1-8-5-14-16(6-8)7-12(18)15-11-4-9(17(19)20)2-3-10(11)13/h2-6H,7H2,1H3,(H,15,18). The number of benzene rings is 1. The molecule has 2 aromatic rings. The van der Waals surface area contributed by atoms with Crippen LogP contribution in [0.3, 0.4) is 0 Å². The fourth-order valence-corrected chi connectivity index (χ4v) is 1.78. The number of hydrogen-bond acceptors (Lipinski definition) is 4. The number of aromatic nitrogens is 2. The van der Waals surface area contributed by atoms with Crippen LogP contribution in [0.1, 0.15) is 5.56 Å². The van der Waals surface area contributed by atoms with E-state index in [1.54, 1.807) is 12.4 Å². The molecule has 0 aliphatic heterocycles. The number of aryl methyl sites for hydroxylation is 1. The van der Waals surface area contributed by atoms with E-state index in [2.05, 4.69) is 10.4 Å². The second-order valence-electron chi connectivity index (χ2n) is 4.18. The lowest BCUT2D eigenvalue weighted by molar-refractivity contribution is -0.384. The van der Waals surface area contributed by atoms with Crippen LogP contribution in [0.5, 0.6) is 0 Å². The van der Waals surface area contributed by atoms with E-state index in [0.29, 0.717) is 0 Å². The van der Waals surface area contributed by atoms with Gasteiger partial charge >= 0.3 is 0 Å². The van der Waals surface area contributed by atoms with Gasteiger partial charge in [0.15, 0.2) is 0 Å². The quantitative estimate of drug-likeness (QED) is 0.692. The molecule has 0 saturated carbocycles. The molecule has 0 aliphatic carbocycles. The van der Waals surface area contributed by atoms with Gasteiger partial charge in [-0.3, -0.25) is 19.6 Å². The zero-order valence-corrected chi connectivity index (χ0v) is 11.3. The minimum absolute atomic E-state index is 0.00681. The van der Waals surface area contributed by atoms with Crippen molar-refractivity contribution in [2.24, 2.45) is 0 Å². The molecule has 0 radical (unpaired) electrons. The van der Waals surface area contributed by atoms with E-state index < -0.39 is 4.92 Å². The highest BCUT2D eigenvalue weighted by atomic mass is 35.5. The number of anilines is 1. The third-order valence-corrected chi connectivity index (χ3v) is 2.83. The van der Waals surface area contributed by atoms with Crippen LogP contribution < -0.4 is 5.32 Å². The maximum atomic E-state index is 11.8. The molecule has 0 atom stereocenters. The number of nitrogens with one attached hydrogen (secondary N) is 1. The molecule has 0 unspecified atom stereocenters. The van der Waals surface area contributed by atoms with Crippen LogP contribution in [0.4, 0.5) is 11.4 Å². The third kappa shape index (κ3) is 3.33. The average molecular weight is 295 g/mol. The van der Waals surface area contributed by atoms with Gasteiger partial charge in [-0.1, -0.05) is 11.6 Å². The summed E-state index contributed by atoms with van der Waals surface area (Å²) < 4.78 is 1.47. The SMILES string of the molecule is Cc1cnn(CC(=O)Nc2cc([N+](=O)[O-])ccc2Cl)c1. The Kier molecular flexibility index (Phi) is 3.99. The number of carbonyl (C=O) groups is 1. The van der Waals surface area contributed by atoms with Crippen molar-refractivity contribution in [1.82, 2.24) is 9.78 Å². The fraction of sp³-hybridized carbons (Fsp3) is 0.167. The Balaban J connectivity index is 2.11. The first-order valence-corrected chi connectivity index (χ1v) is 6.06. The summed E-state index contributed by atoms with van der Waals surface area (Å²) in [6.07, 6.45) is 3.35. The number of rotatable bonds is 4. The Morgan fingerprint density at radius 1 is 1.55 bits per heavy atom. The minimum atomic E-state index is -0.553. The fourth-order valence-electron chi connectivity index (χ4n) is 1.61. The molecule has 8 heteroatoms.